The van der Waals surface area contributed by atoms with E-state index in [1.165, 1.54) is 0 Å². The van der Waals surface area contributed by atoms with Crippen LogP contribution in [0.3, 0.4) is 0 Å². The molecule has 0 bridgehead atoms. The number of aliphatic hydroxyl groups is 3. The van der Waals surface area contributed by atoms with Gasteiger partial charge in [0.15, 0.2) is 5.78 Å². The molecule has 4 saturated carbocycles. The number of rotatable bonds is 4. The van der Waals surface area contributed by atoms with E-state index >= 15 is 0 Å². The molecule has 4 fully saturated rings. The average molecular weight is 474 g/mol. The van der Waals surface area contributed by atoms with E-state index in [2.05, 4.69) is 4.18 Å². The van der Waals surface area contributed by atoms with Gasteiger partial charge in [0.05, 0.1) is 13.6 Å². The number of ketones is 1. The van der Waals surface area contributed by atoms with E-state index in [0.717, 1.165) is 0 Å². The third-order valence-corrected chi connectivity index (χ3v) is 9.10. The summed E-state index contributed by atoms with van der Waals surface area (Å²) < 4.78 is 78.5. The molecule has 0 spiro atoms. The summed E-state index contributed by atoms with van der Waals surface area (Å²) in [5, 5.41) is 33.4. The Bertz CT molecular complexity index is 1030. The molecule has 8 nitrogen and oxygen atoms in total. The van der Waals surface area contributed by atoms with Gasteiger partial charge in [-0.15, -0.1) is 0 Å². The molecule has 0 unspecified atom stereocenters. The van der Waals surface area contributed by atoms with Gasteiger partial charge in [-0.05, 0) is 80.4 Å². The third kappa shape index (κ3) is 4.10. The summed E-state index contributed by atoms with van der Waals surface area (Å²) >= 11 is 0. The predicted octanol–water partition coefficient (Wildman–Crippen LogP) is -1.86. The number of fused-ring (bicyclic) bond motifs is 5. The van der Waals surface area contributed by atoms with E-state index in [0.29, 0.717) is 12.8 Å². The molecule has 31 heavy (non-hydrogen) atoms. The maximum atomic E-state index is 12.9. The van der Waals surface area contributed by atoms with E-state index < -0.39 is 76.0 Å². The second-order valence-corrected chi connectivity index (χ2v) is 11.0. The largest absolute Gasteiger partial charge is 1.00 e. The molecule has 0 heterocycles. The summed E-state index contributed by atoms with van der Waals surface area (Å²) in [5.41, 5.74) is -4.32. The van der Waals surface area contributed by atoms with Crippen molar-refractivity contribution in [2.75, 3.05) is 6.61 Å². The van der Waals surface area contributed by atoms with Crippen molar-refractivity contribution in [2.24, 2.45) is 34.5 Å². The van der Waals surface area contributed by atoms with E-state index in [1.54, 1.807) is 13.8 Å². The number of aliphatic hydroxyl groups excluding tert-OH is 1. The molecular formula is C21H33NaO8S. The fourth-order valence-electron chi connectivity index (χ4n) is 7.28. The van der Waals surface area contributed by atoms with E-state index in [1.807, 2.05) is 0 Å². The minimum atomic E-state index is -5.15. The molecule has 172 valence electrons. The molecule has 4 aliphatic rings. The number of Topliss-reactive ketones (excluding diaryl/α,β-unsaturated/α-hetero) is 1. The summed E-state index contributed by atoms with van der Waals surface area (Å²) in [7, 11) is -5.15. The van der Waals surface area contributed by atoms with Crippen LogP contribution in [-0.2, 0) is 19.4 Å². The first-order valence-electron chi connectivity index (χ1n) is 12.9. The molecule has 0 aromatic carbocycles. The number of carbonyl (C=O) groups is 1. The van der Waals surface area contributed by atoms with Gasteiger partial charge in [-0.3, -0.25) is 8.98 Å². The summed E-state index contributed by atoms with van der Waals surface area (Å²) in [4.78, 5) is 12.9. The zero-order valence-corrected chi connectivity index (χ0v) is 20.9. The maximum absolute atomic E-state index is 12.9. The minimum Gasteiger partial charge on any atom is -0.726 e. The van der Waals surface area contributed by atoms with Crippen LogP contribution in [0.5, 0.6) is 0 Å². The van der Waals surface area contributed by atoms with Gasteiger partial charge in [0.1, 0.15) is 12.2 Å². The number of hydrogen-bond donors (Lipinski definition) is 3. The van der Waals surface area contributed by atoms with Crippen LogP contribution in [-0.4, -0.2) is 58.5 Å². The Morgan fingerprint density at radius 1 is 1.26 bits per heavy atom. The van der Waals surface area contributed by atoms with E-state index in [-0.39, 0.29) is 67.1 Å². The minimum absolute atomic E-state index is 0. The van der Waals surface area contributed by atoms with Crippen LogP contribution >= 0.6 is 0 Å². The molecule has 0 saturated heterocycles. The van der Waals surface area contributed by atoms with Crippen molar-refractivity contribution in [2.45, 2.75) is 82.9 Å². The summed E-state index contributed by atoms with van der Waals surface area (Å²) in [5.74, 6) is -3.08. The van der Waals surface area contributed by atoms with E-state index in [9.17, 15) is 33.1 Å². The molecule has 0 aromatic rings. The fraction of sp³-hybridized carbons (Fsp3) is 0.952. The van der Waals surface area contributed by atoms with Crippen LogP contribution in [0.1, 0.15) is 72.0 Å². The first-order valence-corrected chi connectivity index (χ1v) is 11.8. The summed E-state index contributed by atoms with van der Waals surface area (Å²) in [6, 6.07) is 0. The SMILES string of the molecule is [2H]C1([2H])C[C@]2(C)[C@@H]3[C@@H](CC[C@@H]2C([2H])([2H])[C@]1([2H])O)[C@@H]1CC[C@](O)(C(=O)COS(=O)(=O)[O-])[C@@]1(C)C[C@@H]3O.[Na+]. The Kier molecular flexibility index (Phi) is 5.45. The predicted molar refractivity (Wildman–Crippen MR) is 105 cm³/mol. The monoisotopic (exact) mass is 473 g/mol. The van der Waals surface area contributed by atoms with Crippen LogP contribution in [0, 0.1) is 34.5 Å². The summed E-state index contributed by atoms with van der Waals surface area (Å²) in [6.07, 6.45) is -8.75. The van der Waals surface area contributed by atoms with Crippen LogP contribution in [0.25, 0.3) is 0 Å². The van der Waals surface area contributed by atoms with E-state index in [4.69, 9.17) is 6.85 Å². The quantitative estimate of drug-likeness (QED) is 0.245. The maximum Gasteiger partial charge on any atom is 1.00 e. The molecular weight excluding hydrogens is 435 g/mol. The van der Waals surface area contributed by atoms with Gasteiger partial charge in [0.2, 0.25) is 10.4 Å². The molecule has 10 heteroatoms. The molecule has 0 radical (unpaired) electrons. The van der Waals surface area contributed by atoms with Crippen molar-refractivity contribution in [3.63, 3.8) is 0 Å². The second kappa shape index (κ2) is 8.57. The number of hydrogen-bond acceptors (Lipinski definition) is 8. The summed E-state index contributed by atoms with van der Waals surface area (Å²) in [6.45, 7) is 2.23. The van der Waals surface area contributed by atoms with Crippen molar-refractivity contribution in [3.05, 3.63) is 0 Å². The molecule has 3 N–H and O–H groups in total. The first-order chi connectivity index (χ1) is 15.7. The topological polar surface area (TPSA) is 144 Å². The average Bonchev–Trinajstić information content (AvgIpc) is 2.95. The van der Waals surface area contributed by atoms with Crippen LogP contribution < -0.4 is 29.6 Å². The van der Waals surface area contributed by atoms with Crippen LogP contribution in [0.15, 0.2) is 0 Å². The number of carbonyl (C=O) groups excluding carboxylic acids is 1. The van der Waals surface area contributed by atoms with Gasteiger partial charge in [-0.1, -0.05) is 13.8 Å². The van der Waals surface area contributed by atoms with Gasteiger partial charge in [-0.25, -0.2) is 8.42 Å². The second-order valence-electron chi connectivity index (χ2n) is 9.96. The molecule has 0 aliphatic heterocycles. The van der Waals surface area contributed by atoms with Crippen molar-refractivity contribution >= 4 is 16.2 Å². The van der Waals surface area contributed by atoms with Gasteiger partial charge in [-0.2, -0.15) is 0 Å². The third-order valence-electron chi connectivity index (χ3n) is 8.70. The smallest absolute Gasteiger partial charge is 0.726 e. The van der Waals surface area contributed by atoms with Gasteiger partial charge >= 0.3 is 29.6 Å². The Morgan fingerprint density at radius 2 is 1.94 bits per heavy atom. The van der Waals surface area contributed by atoms with Gasteiger partial charge in [0, 0.05) is 10.9 Å². The Balaban J connectivity index is 0.00000361. The molecule has 4 rings (SSSR count). The Hall–Kier alpha value is 0.420. The van der Waals surface area contributed by atoms with Crippen molar-refractivity contribution in [1.29, 1.82) is 0 Å². The standard InChI is InChI=1S/C21H34O8S.Na/c1-19-7-5-13(22)9-12(19)3-4-14-15-6-8-21(25,17(24)11-29-30(26,27)28)20(15,2)10-16(23)18(14)19;/h12-16,18,22-23,25H,3-11H2,1-2H3,(H,26,27,28);/q;+1/p-1/t12-,13-,14+,15+,16+,18-,19+,20+,21+;/m1./s1/i5D2,9D2,13D;. The van der Waals surface area contributed by atoms with Crippen molar-refractivity contribution < 1.29 is 73.7 Å². The zero-order valence-electron chi connectivity index (χ0n) is 23.1. The molecule has 9 atom stereocenters. The first kappa shape index (κ1) is 19.7. The van der Waals surface area contributed by atoms with Crippen LogP contribution in [0.2, 0.25) is 0 Å². The zero-order chi connectivity index (χ0) is 26.6. The van der Waals surface area contributed by atoms with Crippen LogP contribution in [0.4, 0.5) is 0 Å². The molecule has 4 aliphatic carbocycles. The van der Waals surface area contributed by atoms with Crippen molar-refractivity contribution in [3.8, 4) is 0 Å². The normalized spacial score (nSPS) is 57.4. The van der Waals surface area contributed by atoms with Crippen molar-refractivity contribution in [1.82, 2.24) is 0 Å². The molecule has 0 amide bonds. The fourth-order valence-corrected chi connectivity index (χ4v) is 7.53. The Labute approximate surface area is 213 Å². The Morgan fingerprint density at radius 3 is 2.58 bits per heavy atom. The molecule has 0 aromatic heterocycles. The van der Waals surface area contributed by atoms with Gasteiger partial charge < -0.3 is 19.9 Å². The van der Waals surface area contributed by atoms with Gasteiger partial charge in [0.25, 0.3) is 0 Å².